The monoisotopic (exact) mass is 282 g/mol. The van der Waals surface area contributed by atoms with Gasteiger partial charge in [0.2, 0.25) is 0 Å². The molecule has 3 atom stereocenters. The Balaban J connectivity index is 2.16. The first kappa shape index (κ1) is 15.8. The maximum absolute atomic E-state index is 12.2. The van der Waals surface area contributed by atoms with Crippen LogP contribution in [-0.4, -0.2) is 49.2 Å². The van der Waals surface area contributed by atoms with Gasteiger partial charge in [0.25, 0.3) is 0 Å². The third-order valence-corrected chi connectivity index (χ3v) is 4.97. The van der Waals surface area contributed by atoms with E-state index in [4.69, 9.17) is 4.74 Å². The molecule has 0 saturated carbocycles. The maximum Gasteiger partial charge on any atom is 0.323 e. The number of fused-ring (bicyclic) bond motifs is 2. The standard InChI is InChI=1S/C16H30N2O2/c1-11(2)8-15(16(19)20-4)18-13-6-5-7-14(18)10-12(9-13)17-3/h11-15,17H,5-10H2,1-4H3. The highest BCUT2D eigenvalue weighted by atomic mass is 16.5. The van der Waals surface area contributed by atoms with Crippen molar-refractivity contribution in [3.8, 4) is 0 Å². The predicted octanol–water partition coefficient (Wildman–Crippen LogP) is 2.18. The van der Waals surface area contributed by atoms with Crippen LogP contribution in [0.4, 0.5) is 0 Å². The van der Waals surface area contributed by atoms with E-state index in [1.165, 1.54) is 39.2 Å². The maximum atomic E-state index is 12.2. The van der Waals surface area contributed by atoms with Crippen LogP contribution < -0.4 is 5.32 Å². The van der Waals surface area contributed by atoms with Gasteiger partial charge in [-0.05, 0) is 45.1 Å². The number of methoxy groups -OCH3 is 1. The van der Waals surface area contributed by atoms with Crippen molar-refractivity contribution in [1.29, 1.82) is 0 Å². The predicted molar refractivity (Wildman–Crippen MR) is 80.6 cm³/mol. The lowest BCUT2D eigenvalue weighted by molar-refractivity contribution is -0.153. The zero-order valence-corrected chi connectivity index (χ0v) is 13.4. The van der Waals surface area contributed by atoms with Crippen molar-refractivity contribution >= 4 is 5.97 Å². The minimum absolute atomic E-state index is 0.0430. The van der Waals surface area contributed by atoms with Gasteiger partial charge in [0.1, 0.15) is 6.04 Å². The van der Waals surface area contributed by atoms with E-state index in [-0.39, 0.29) is 12.0 Å². The molecular weight excluding hydrogens is 252 g/mol. The van der Waals surface area contributed by atoms with Crippen molar-refractivity contribution in [2.45, 2.75) is 76.5 Å². The smallest absolute Gasteiger partial charge is 0.323 e. The van der Waals surface area contributed by atoms with Crippen LogP contribution in [0.3, 0.4) is 0 Å². The highest BCUT2D eigenvalue weighted by Gasteiger charge is 2.43. The number of nitrogens with zero attached hydrogens (tertiary/aromatic N) is 1. The Morgan fingerprint density at radius 2 is 1.90 bits per heavy atom. The molecule has 0 aromatic carbocycles. The van der Waals surface area contributed by atoms with E-state index in [0.29, 0.717) is 24.0 Å². The van der Waals surface area contributed by atoms with Crippen LogP contribution in [0.25, 0.3) is 0 Å². The first-order chi connectivity index (χ1) is 9.56. The molecule has 2 heterocycles. The Hall–Kier alpha value is -0.610. The van der Waals surface area contributed by atoms with Crippen LogP contribution in [0.2, 0.25) is 0 Å². The molecule has 20 heavy (non-hydrogen) atoms. The van der Waals surface area contributed by atoms with Crippen molar-refractivity contribution in [3.63, 3.8) is 0 Å². The van der Waals surface area contributed by atoms with E-state index >= 15 is 0 Å². The molecule has 2 fully saturated rings. The molecule has 2 saturated heterocycles. The van der Waals surface area contributed by atoms with E-state index in [2.05, 4.69) is 31.1 Å². The number of carbonyl (C=O) groups excluding carboxylic acids is 1. The fourth-order valence-corrected chi connectivity index (χ4v) is 4.08. The van der Waals surface area contributed by atoms with Gasteiger partial charge in [0, 0.05) is 18.1 Å². The second-order valence-corrected chi connectivity index (χ2v) is 6.81. The lowest BCUT2D eigenvalue weighted by Crippen LogP contribution is -2.61. The van der Waals surface area contributed by atoms with E-state index in [1.807, 2.05) is 0 Å². The Bertz CT molecular complexity index is 318. The number of hydrogen-bond acceptors (Lipinski definition) is 4. The quantitative estimate of drug-likeness (QED) is 0.785. The Morgan fingerprint density at radius 3 is 2.35 bits per heavy atom. The van der Waals surface area contributed by atoms with Gasteiger partial charge in [-0.1, -0.05) is 20.3 Å². The summed E-state index contributed by atoms with van der Waals surface area (Å²) in [4.78, 5) is 14.8. The molecule has 1 N–H and O–H groups in total. The number of piperidine rings is 2. The van der Waals surface area contributed by atoms with Crippen LogP contribution in [-0.2, 0) is 9.53 Å². The molecule has 2 bridgehead atoms. The van der Waals surface area contributed by atoms with E-state index in [0.717, 1.165) is 6.42 Å². The van der Waals surface area contributed by atoms with E-state index in [9.17, 15) is 4.79 Å². The molecule has 2 aliphatic rings. The molecule has 4 heteroatoms. The van der Waals surface area contributed by atoms with Gasteiger partial charge >= 0.3 is 5.97 Å². The first-order valence-electron chi connectivity index (χ1n) is 8.09. The van der Waals surface area contributed by atoms with Crippen LogP contribution in [0.5, 0.6) is 0 Å². The van der Waals surface area contributed by atoms with E-state index < -0.39 is 0 Å². The summed E-state index contributed by atoms with van der Waals surface area (Å²) < 4.78 is 5.09. The van der Waals surface area contributed by atoms with Gasteiger partial charge in [0.05, 0.1) is 7.11 Å². The molecule has 3 unspecified atom stereocenters. The minimum Gasteiger partial charge on any atom is -0.468 e. The fraction of sp³-hybridized carbons (Fsp3) is 0.938. The number of nitrogens with one attached hydrogen (secondary N) is 1. The molecule has 0 spiro atoms. The van der Waals surface area contributed by atoms with Crippen molar-refractivity contribution in [3.05, 3.63) is 0 Å². The highest BCUT2D eigenvalue weighted by Crippen LogP contribution is 2.37. The van der Waals surface area contributed by atoms with Gasteiger partial charge < -0.3 is 10.1 Å². The summed E-state index contributed by atoms with van der Waals surface area (Å²) in [6.45, 7) is 4.37. The molecule has 4 nitrogen and oxygen atoms in total. The van der Waals surface area contributed by atoms with Crippen LogP contribution in [0.1, 0.15) is 52.4 Å². The summed E-state index contributed by atoms with van der Waals surface area (Å²) in [5, 5.41) is 3.43. The summed E-state index contributed by atoms with van der Waals surface area (Å²) in [5.74, 6) is 0.473. The van der Waals surface area contributed by atoms with Gasteiger partial charge in [-0.25, -0.2) is 0 Å². The first-order valence-corrected chi connectivity index (χ1v) is 8.09. The number of carbonyl (C=O) groups is 1. The van der Waals surface area contributed by atoms with E-state index in [1.54, 1.807) is 0 Å². The summed E-state index contributed by atoms with van der Waals surface area (Å²) in [7, 11) is 3.58. The van der Waals surface area contributed by atoms with Gasteiger partial charge in [-0.3, -0.25) is 9.69 Å². The van der Waals surface area contributed by atoms with Crippen molar-refractivity contribution < 1.29 is 9.53 Å². The third kappa shape index (κ3) is 3.34. The Labute approximate surface area is 123 Å². The van der Waals surface area contributed by atoms with Gasteiger partial charge in [-0.15, -0.1) is 0 Å². The number of hydrogen-bond donors (Lipinski definition) is 1. The molecular formula is C16H30N2O2. The lowest BCUT2D eigenvalue weighted by Gasteiger charge is -2.51. The summed E-state index contributed by atoms with van der Waals surface area (Å²) >= 11 is 0. The van der Waals surface area contributed by atoms with Crippen LogP contribution in [0.15, 0.2) is 0 Å². The average molecular weight is 282 g/mol. The number of ether oxygens (including phenoxy) is 1. The molecule has 0 radical (unpaired) electrons. The zero-order chi connectivity index (χ0) is 14.7. The second-order valence-electron chi connectivity index (χ2n) is 6.81. The molecule has 0 amide bonds. The largest absolute Gasteiger partial charge is 0.468 e. The SMILES string of the molecule is CNC1CC2CCCC(C1)N2C(CC(C)C)C(=O)OC. The van der Waals surface area contributed by atoms with Crippen LogP contribution in [0, 0.1) is 5.92 Å². The minimum atomic E-state index is -0.0480. The molecule has 0 aromatic heterocycles. The summed E-state index contributed by atoms with van der Waals surface area (Å²) in [6.07, 6.45) is 6.99. The van der Waals surface area contributed by atoms with Crippen LogP contribution >= 0.6 is 0 Å². The fourth-order valence-electron chi connectivity index (χ4n) is 4.08. The lowest BCUT2D eigenvalue weighted by atomic mass is 9.80. The number of rotatable bonds is 5. The molecule has 116 valence electrons. The number of esters is 1. The average Bonchev–Trinajstić information content (AvgIpc) is 2.42. The van der Waals surface area contributed by atoms with Crippen molar-refractivity contribution in [1.82, 2.24) is 10.2 Å². The van der Waals surface area contributed by atoms with Gasteiger partial charge in [0.15, 0.2) is 0 Å². The topological polar surface area (TPSA) is 41.6 Å². The van der Waals surface area contributed by atoms with Crippen molar-refractivity contribution in [2.75, 3.05) is 14.2 Å². The van der Waals surface area contributed by atoms with Crippen molar-refractivity contribution in [2.24, 2.45) is 5.92 Å². The normalized spacial score (nSPS) is 32.1. The molecule has 0 aliphatic carbocycles. The molecule has 2 rings (SSSR count). The molecule has 2 aliphatic heterocycles. The summed E-state index contributed by atoms with van der Waals surface area (Å²) in [5.41, 5.74) is 0. The second kappa shape index (κ2) is 6.90. The Kier molecular flexibility index (Phi) is 5.44. The Morgan fingerprint density at radius 1 is 1.30 bits per heavy atom. The summed E-state index contributed by atoms with van der Waals surface area (Å²) in [6, 6.07) is 1.65. The third-order valence-electron chi connectivity index (χ3n) is 4.97. The van der Waals surface area contributed by atoms with Gasteiger partial charge in [-0.2, -0.15) is 0 Å². The molecule has 0 aromatic rings. The highest BCUT2D eigenvalue weighted by molar-refractivity contribution is 5.75. The zero-order valence-electron chi connectivity index (χ0n) is 13.4.